The van der Waals surface area contributed by atoms with Gasteiger partial charge in [-0.05, 0) is 12.8 Å². The Morgan fingerprint density at radius 3 is 3.00 bits per heavy atom. The van der Waals surface area contributed by atoms with Crippen LogP contribution in [0.15, 0.2) is 15.3 Å². The monoisotopic (exact) mass is 319 g/mol. The lowest BCUT2D eigenvalue weighted by atomic mass is 10.0. The van der Waals surface area contributed by atoms with E-state index in [4.69, 9.17) is 9.15 Å². The SMILES string of the molecule is O=C(c1cscn1)N1CCc2oc(C3CCOCC3)nc2C1. The molecule has 0 bridgehead atoms. The smallest absolute Gasteiger partial charge is 0.273 e. The number of hydrogen-bond acceptors (Lipinski definition) is 6. The van der Waals surface area contributed by atoms with Crippen molar-refractivity contribution < 1.29 is 13.9 Å². The third kappa shape index (κ3) is 2.55. The molecule has 2 aromatic rings. The Labute approximate surface area is 132 Å². The Balaban J connectivity index is 1.51. The van der Waals surface area contributed by atoms with Crippen molar-refractivity contribution in [2.45, 2.75) is 31.7 Å². The Hall–Kier alpha value is -1.73. The average Bonchev–Trinajstić information content (AvgIpc) is 3.23. The van der Waals surface area contributed by atoms with E-state index < -0.39 is 0 Å². The molecule has 2 aliphatic rings. The lowest BCUT2D eigenvalue weighted by molar-refractivity contribution is 0.0721. The van der Waals surface area contributed by atoms with Crippen molar-refractivity contribution in [3.8, 4) is 0 Å². The van der Waals surface area contributed by atoms with Crippen molar-refractivity contribution in [2.75, 3.05) is 19.8 Å². The average molecular weight is 319 g/mol. The van der Waals surface area contributed by atoms with Gasteiger partial charge in [0.15, 0.2) is 5.89 Å². The van der Waals surface area contributed by atoms with E-state index in [2.05, 4.69) is 9.97 Å². The molecule has 6 nitrogen and oxygen atoms in total. The van der Waals surface area contributed by atoms with E-state index in [0.29, 0.717) is 24.7 Å². The Morgan fingerprint density at radius 2 is 2.23 bits per heavy atom. The van der Waals surface area contributed by atoms with Crippen LogP contribution in [0.3, 0.4) is 0 Å². The third-order valence-electron chi connectivity index (χ3n) is 4.25. The maximum absolute atomic E-state index is 12.4. The maximum atomic E-state index is 12.4. The van der Waals surface area contributed by atoms with E-state index in [1.165, 1.54) is 11.3 Å². The zero-order chi connectivity index (χ0) is 14.9. The van der Waals surface area contributed by atoms with Gasteiger partial charge in [-0.25, -0.2) is 9.97 Å². The predicted molar refractivity (Wildman–Crippen MR) is 79.9 cm³/mol. The number of carbonyl (C=O) groups is 1. The molecule has 0 atom stereocenters. The van der Waals surface area contributed by atoms with E-state index in [1.54, 1.807) is 15.8 Å². The second kappa shape index (κ2) is 5.81. The van der Waals surface area contributed by atoms with E-state index in [-0.39, 0.29) is 5.91 Å². The largest absolute Gasteiger partial charge is 0.445 e. The fourth-order valence-electron chi connectivity index (χ4n) is 2.99. The normalized spacial score (nSPS) is 19.2. The molecule has 1 fully saturated rings. The fourth-order valence-corrected chi connectivity index (χ4v) is 3.52. The van der Waals surface area contributed by atoms with Crippen molar-refractivity contribution >= 4 is 17.2 Å². The molecule has 0 radical (unpaired) electrons. The summed E-state index contributed by atoms with van der Waals surface area (Å²) in [6, 6.07) is 0. The molecule has 0 aliphatic carbocycles. The molecule has 1 amide bonds. The number of carbonyl (C=O) groups excluding carboxylic acids is 1. The molecule has 0 saturated carbocycles. The van der Waals surface area contributed by atoms with Gasteiger partial charge in [-0.15, -0.1) is 11.3 Å². The zero-order valence-electron chi connectivity index (χ0n) is 12.2. The van der Waals surface area contributed by atoms with Crippen molar-refractivity contribution in [1.29, 1.82) is 0 Å². The molecule has 2 aliphatic heterocycles. The lowest BCUT2D eigenvalue weighted by Crippen LogP contribution is -2.36. The second-order valence-electron chi connectivity index (χ2n) is 5.66. The van der Waals surface area contributed by atoms with Crippen molar-refractivity contribution in [3.63, 3.8) is 0 Å². The number of amides is 1. The van der Waals surface area contributed by atoms with Gasteiger partial charge in [-0.2, -0.15) is 0 Å². The second-order valence-corrected chi connectivity index (χ2v) is 6.38. The van der Waals surface area contributed by atoms with Crippen LogP contribution in [-0.2, 0) is 17.7 Å². The van der Waals surface area contributed by atoms with Crippen LogP contribution in [0.25, 0.3) is 0 Å². The van der Waals surface area contributed by atoms with Crippen LogP contribution in [0, 0.1) is 0 Å². The molecule has 0 N–H and O–H groups in total. The van der Waals surface area contributed by atoms with Crippen LogP contribution in [0.4, 0.5) is 0 Å². The van der Waals surface area contributed by atoms with Gasteiger partial charge < -0.3 is 14.1 Å². The third-order valence-corrected chi connectivity index (χ3v) is 4.84. The Morgan fingerprint density at radius 1 is 1.36 bits per heavy atom. The van der Waals surface area contributed by atoms with Crippen LogP contribution in [-0.4, -0.2) is 40.5 Å². The van der Waals surface area contributed by atoms with Gasteiger partial charge in [0.1, 0.15) is 17.1 Å². The van der Waals surface area contributed by atoms with Gasteiger partial charge in [0, 0.05) is 37.5 Å². The highest BCUT2D eigenvalue weighted by molar-refractivity contribution is 7.07. The first-order chi connectivity index (χ1) is 10.8. The number of ether oxygens (including phenoxy) is 1. The number of fused-ring (bicyclic) bond motifs is 1. The summed E-state index contributed by atoms with van der Waals surface area (Å²) in [6.07, 6.45) is 2.64. The Kier molecular flexibility index (Phi) is 3.67. The first-order valence-electron chi connectivity index (χ1n) is 7.55. The van der Waals surface area contributed by atoms with Gasteiger partial charge in [-0.3, -0.25) is 4.79 Å². The number of aromatic nitrogens is 2. The highest BCUT2D eigenvalue weighted by atomic mass is 32.1. The molecule has 116 valence electrons. The standard InChI is InChI=1S/C15H17N3O3S/c19-15(12-8-22-9-16-12)18-4-1-13-11(7-18)17-14(21-13)10-2-5-20-6-3-10/h8-10H,1-7H2. The minimum atomic E-state index is -0.0254. The molecular formula is C15H17N3O3S. The first-order valence-corrected chi connectivity index (χ1v) is 8.49. The molecule has 4 heterocycles. The van der Waals surface area contributed by atoms with E-state index >= 15 is 0 Å². The molecule has 2 aromatic heterocycles. The van der Waals surface area contributed by atoms with Gasteiger partial charge in [0.2, 0.25) is 0 Å². The van der Waals surface area contributed by atoms with Crippen LogP contribution in [0.1, 0.15) is 46.6 Å². The summed E-state index contributed by atoms with van der Waals surface area (Å²) in [5.41, 5.74) is 3.10. The quantitative estimate of drug-likeness (QED) is 0.849. The summed E-state index contributed by atoms with van der Waals surface area (Å²) in [5, 5.41) is 1.79. The number of oxazole rings is 1. The van der Waals surface area contributed by atoms with Crippen LogP contribution >= 0.6 is 11.3 Å². The minimum absolute atomic E-state index is 0.0254. The zero-order valence-corrected chi connectivity index (χ0v) is 13.0. The van der Waals surface area contributed by atoms with E-state index in [1.807, 2.05) is 0 Å². The number of nitrogens with zero attached hydrogens (tertiary/aromatic N) is 3. The Bertz CT molecular complexity index is 662. The van der Waals surface area contributed by atoms with Crippen LogP contribution in [0.2, 0.25) is 0 Å². The first kappa shape index (κ1) is 13.9. The molecular weight excluding hydrogens is 302 g/mol. The van der Waals surface area contributed by atoms with Crippen molar-refractivity contribution in [1.82, 2.24) is 14.9 Å². The van der Waals surface area contributed by atoms with E-state index in [0.717, 1.165) is 49.8 Å². The lowest BCUT2D eigenvalue weighted by Gasteiger charge is -2.24. The summed E-state index contributed by atoms with van der Waals surface area (Å²) >= 11 is 1.44. The molecule has 0 aromatic carbocycles. The molecule has 0 unspecified atom stereocenters. The summed E-state index contributed by atoms with van der Waals surface area (Å²) in [5.74, 6) is 2.07. The molecule has 0 spiro atoms. The topological polar surface area (TPSA) is 68.5 Å². The van der Waals surface area contributed by atoms with Crippen molar-refractivity contribution in [3.05, 3.63) is 33.9 Å². The van der Waals surface area contributed by atoms with Gasteiger partial charge in [-0.1, -0.05) is 0 Å². The van der Waals surface area contributed by atoms with Gasteiger partial charge in [0.25, 0.3) is 5.91 Å². The van der Waals surface area contributed by atoms with Crippen molar-refractivity contribution in [2.24, 2.45) is 0 Å². The van der Waals surface area contributed by atoms with E-state index in [9.17, 15) is 4.79 Å². The predicted octanol–water partition coefficient (Wildman–Crippen LogP) is 2.22. The van der Waals surface area contributed by atoms with Crippen LogP contribution < -0.4 is 0 Å². The minimum Gasteiger partial charge on any atom is -0.445 e. The molecule has 7 heteroatoms. The molecule has 4 rings (SSSR count). The number of rotatable bonds is 2. The van der Waals surface area contributed by atoms with Crippen LogP contribution in [0.5, 0.6) is 0 Å². The van der Waals surface area contributed by atoms with Gasteiger partial charge in [0.05, 0.1) is 12.1 Å². The highest BCUT2D eigenvalue weighted by Gasteiger charge is 2.29. The maximum Gasteiger partial charge on any atom is 0.273 e. The fraction of sp³-hybridized carbons (Fsp3) is 0.533. The number of thiazole rings is 1. The highest BCUT2D eigenvalue weighted by Crippen LogP contribution is 2.30. The summed E-state index contributed by atoms with van der Waals surface area (Å²) in [4.78, 5) is 22.9. The van der Waals surface area contributed by atoms with Gasteiger partial charge >= 0.3 is 0 Å². The number of hydrogen-bond donors (Lipinski definition) is 0. The summed E-state index contributed by atoms with van der Waals surface area (Å²) < 4.78 is 11.3. The summed E-state index contributed by atoms with van der Waals surface area (Å²) in [7, 11) is 0. The molecule has 1 saturated heterocycles. The summed E-state index contributed by atoms with van der Waals surface area (Å²) in [6.45, 7) is 2.71. The molecule has 22 heavy (non-hydrogen) atoms.